The van der Waals surface area contributed by atoms with E-state index in [1.165, 1.54) is 4.70 Å². The quantitative estimate of drug-likeness (QED) is 0.426. The molecule has 0 spiro atoms. The third kappa shape index (κ3) is 3.99. The van der Waals surface area contributed by atoms with E-state index >= 15 is 0 Å². The first-order valence-electron chi connectivity index (χ1n) is 7.66. The van der Waals surface area contributed by atoms with E-state index in [1.807, 2.05) is 18.2 Å². The molecule has 0 radical (unpaired) electrons. The highest BCUT2D eigenvalue weighted by Gasteiger charge is 2.13. The highest BCUT2D eigenvalue weighted by atomic mass is 79.9. The van der Waals surface area contributed by atoms with Gasteiger partial charge in [0.1, 0.15) is 10.8 Å². The first kappa shape index (κ1) is 17.0. The third-order valence-corrected chi connectivity index (χ3v) is 5.93. The van der Waals surface area contributed by atoms with E-state index in [1.54, 1.807) is 36.6 Å². The summed E-state index contributed by atoms with van der Waals surface area (Å²) in [5.41, 5.74) is 1.05. The monoisotopic (exact) mass is 407 g/mol. The molecule has 4 nitrogen and oxygen atoms in total. The zero-order valence-corrected chi connectivity index (χ0v) is 15.6. The van der Waals surface area contributed by atoms with Crippen LogP contribution in [0, 0.1) is 0 Å². The molecule has 0 saturated heterocycles. The van der Waals surface area contributed by atoms with E-state index in [0.717, 1.165) is 23.4 Å². The van der Waals surface area contributed by atoms with Gasteiger partial charge in [0.15, 0.2) is 11.5 Å². The summed E-state index contributed by atoms with van der Waals surface area (Å²) in [6.07, 6.45) is 1.82. The van der Waals surface area contributed by atoms with Gasteiger partial charge in [-0.2, -0.15) is 0 Å². The standard InChI is InChI=1S/C18H18BrNO3S/c1-22-16-11-12(21)8-9-15(16)23-10-4-5-13(19)18-20-14-6-2-3-7-17(14)24-18/h2-3,6-9,11,13,21H,4-5,10H2,1H3. The van der Waals surface area contributed by atoms with Crippen LogP contribution in [0.1, 0.15) is 22.7 Å². The van der Waals surface area contributed by atoms with Crippen LogP contribution in [0.5, 0.6) is 17.2 Å². The summed E-state index contributed by atoms with van der Waals surface area (Å²) in [4.78, 5) is 4.89. The van der Waals surface area contributed by atoms with Crippen molar-refractivity contribution in [3.8, 4) is 17.2 Å². The number of phenolic OH excluding ortho intramolecular Hbond substituents is 1. The van der Waals surface area contributed by atoms with Crippen molar-refractivity contribution < 1.29 is 14.6 Å². The van der Waals surface area contributed by atoms with Crippen LogP contribution in [0.25, 0.3) is 10.2 Å². The largest absolute Gasteiger partial charge is 0.508 e. The fourth-order valence-corrected chi connectivity index (χ4v) is 4.05. The van der Waals surface area contributed by atoms with Crippen LogP contribution in [0.3, 0.4) is 0 Å². The average molecular weight is 408 g/mol. The van der Waals surface area contributed by atoms with Gasteiger partial charge in [-0.25, -0.2) is 4.98 Å². The number of rotatable bonds is 7. The maximum Gasteiger partial charge on any atom is 0.164 e. The molecule has 3 aromatic rings. The molecule has 1 N–H and O–H groups in total. The second-order valence-electron chi connectivity index (χ2n) is 5.31. The number of halogens is 1. The summed E-state index contributed by atoms with van der Waals surface area (Å²) < 4.78 is 12.2. The van der Waals surface area contributed by atoms with Crippen LogP contribution in [0.2, 0.25) is 0 Å². The van der Waals surface area contributed by atoms with Crippen LogP contribution >= 0.6 is 27.3 Å². The molecule has 0 aliphatic heterocycles. The number of para-hydroxylation sites is 1. The number of aromatic nitrogens is 1. The Morgan fingerprint density at radius 3 is 2.83 bits per heavy atom. The molecule has 126 valence electrons. The average Bonchev–Trinajstić information content (AvgIpc) is 3.03. The molecule has 0 saturated carbocycles. The molecule has 0 fully saturated rings. The molecule has 1 unspecified atom stereocenters. The van der Waals surface area contributed by atoms with Crippen molar-refractivity contribution in [1.82, 2.24) is 4.98 Å². The summed E-state index contributed by atoms with van der Waals surface area (Å²) >= 11 is 5.44. The van der Waals surface area contributed by atoms with E-state index in [9.17, 15) is 5.11 Å². The maximum atomic E-state index is 9.45. The first-order valence-corrected chi connectivity index (χ1v) is 9.40. The van der Waals surface area contributed by atoms with Gasteiger partial charge in [0.2, 0.25) is 0 Å². The van der Waals surface area contributed by atoms with Crippen LogP contribution < -0.4 is 9.47 Å². The number of fused-ring (bicyclic) bond motifs is 1. The Morgan fingerprint density at radius 1 is 1.21 bits per heavy atom. The van der Waals surface area contributed by atoms with E-state index < -0.39 is 0 Å². The molecule has 0 bridgehead atoms. The molecule has 2 aromatic carbocycles. The number of nitrogens with zero attached hydrogens (tertiary/aromatic N) is 1. The molecular formula is C18H18BrNO3S. The van der Waals surface area contributed by atoms with E-state index in [2.05, 4.69) is 27.0 Å². The number of aromatic hydroxyl groups is 1. The van der Waals surface area contributed by atoms with Crippen molar-refractivity contribution in [2.24, 2.45) is 0 Å². The highest BCUT2D eigenvalue weighted by Crippen LogP contribution is 2.34. The normalized spacial score (nSPS) is 12.2. The second kappa shape index (κ2) is 7.85. The van der Waals surface area contributed by atoms with Gasteiger partial charge in [-0.1, -0.05) is 28.1 Å². The number of hydrogen-bond acceptors (Lipinski definition) is 5. The lowest BCUT2D eigenvalue weighted by Gasteiger charge is -2.11. The predicted octanol–water partition coefficient (Wildman–Crippen LogP) is 5.31. The fraction of sp³-hybridized carbons (Fsp3) is 0.278. The zero-order valence-electron chi connectivity index (χ0n) is 13.2. The fourth-order valence-electron chi connectivity index (χ4n) is 2.37. The number of benzene rings is 2. The number of methoxy groups -OCH3 is 1. The Bertz CT molecular complexity index is 788. The Balaban J connectivity index is 1.53. The Kier molecular flexibility index (Phi) is 5.58. The minimum atomic E-state index is 0.163. The summed E-state index contributed by atoms with van der Waals surface area (Å²) in [6.45, 7) is 0.578. The van der Waals surface area contributed by atoms with Gasteiger partial charge in [0.25, 0.3) is 0 Å². The summed E-state index contributed by atoms with van der Waals surface area (Å²) in [5.74, 6) is 1.34. The van der Waals surface area contributed by atoms with Gasteiger partial charge >= 0.3 is 0 Å². The molecule has 24 heavy (non-hydrogen) atoms. The number of thiazole rings is 1. The summed E-state index contributed by atoms with van der Waals surface area (Å²) in [7, 11) is 1.56. The number of phenols is 1. The van der Waals surface area contributed by atoms with Gasteiger partial charge in [-0.05, 0) is 37.1 Å². The van der Waals surface area contributed by atoms with Gasteiger partial charge in [0, 0.05) is 6.07 Å². The van der Waals surface area contributed by atoms with Crippen molar-refractivity contribution in [1.29, 1.82) is 0 Å². The summed E-state index contributed by atoms with van der Waals surface area (Å²) in [6, 6.07) is 13.0. The Morgan fingerprint density at radius 2 is 2.04 bits per heavy atom. The lowest BCUT2D eigenvalue weighted by Crippen LogP contribution is -2.01. The van der Waals surface area contributed by atoms with Gasteiger partial charge in [-0.3, -0.25) is 0 Å². The second-order valence-corrected chi connectivity index (χ2v) is 7.48. The highest BCUT2D eigenvalue weighted by molar-refractivity contribution is 9.09. The van der Waals surface area contributed by atoms with Crippen LogP contribution in [-0.4, -0.2) is 23.8 Å². The zero-order chi connectivity index (χ0) is 16.9. The number of ether oxygens (including phenoxy) is 2. The molecule has 1 aromatic heterocycles. The molecular weight excluding hydrogens is 390 g/mol. The predicted molar refractivity (Wildman–Crippen MR) is 101 cm³/mol. The third-order valence-electron chi connectivity index (χ3n) is 3.59. The van der Waals surface area contributed by atoms with E-state index in [4.69, 9.17) is 9.47 Å². The van der Waals surface area contributed by atoms with Gasteiger partial charge in [0.05, 0.1) is 28.8 Å². The van der Waals surface area contributed by atoms with Crippen LogP contribution in [-0.2, 0) is 0 Å². The van der Waals surface area contributed by atoms with Crippen molar-refractivity contribution in [3.05, 3.63) is 47.5 Å². The Labute approximate surface area is 153 Å². The minimum absolute atomic E-state index is 0.163. The molecule has 0 amide bonds. The Hall–Kier alpha value is -1.79. The van der Waals surface area contributed by atoms with Crippen molar-refractivity contribution in [3.63, 3.8) is 0 Å². The summed E-state index contributed by atoms with van der Waals surface area (Å²) in [5, 5.41) is 10.5. The minimum Gasteiger partial charge on any atom is -0.508 e. The van der Waals surface area contributed by atoms with Crippen molar-refractivity contribution in [2.45, 2.75) is 17.7 Å². The topological polar surface area (TPSA) is 51.6 Å². The molecule has 6 heteroatoms. The smallest absolute Gasteiger partial charge is 0.164 e. The number of hydrogen-bond donors (Lipinski definition) is 1. The first-order chi connectivity index (χ1) is 11.7. The maximum absolute atomic E-state index is 9.45. The number of alkyl halides is 1. The molecule has 1 heterocycles. The molecule has 1 atom stereocenters. The van der Waals surface area contributed by atoms with Crippen LogP contribution in [0.15, 0.2) is 42.5 Å². The molecule has 0 aliphatic rings. The molecule has 3 rings (SSSR count). The van der Waals surface area contributed by atoms with Crippen molar-refractivity contribution in [2.75, 3.05) is 13.7 Å². The van der Waals surface area contributed by atoms with Gasteiger partial charge < -0.3 is 14.6 Å². The lowest BCUT2D eigenvalue weighted by molar-refractivity contribution is 0.285. The van der Waals surface area contributed by atoms with Gasteiger partial charge in [-0.15, -0.1) is 11.3 Å². The lowest BCUT2D eigenvalue weighted by atomic mass is 10.2. The van der Waals surface area contributed by atoms with E-state index in [-0.39, 0.29) is 10.6 Å². The molecule has 0 aliphatic carbocycles. The SMILES string of the molecule is COc1cc(O)ccc1OCCCC(Br)c1nc2ccccc2s1. The van der Waals surface area contributed by atoms with Crippen LogP contribution in [0.4, 0.5) is 0 Å². The van der Waals surface area contributed by atoms with Crippen molar-refractivity contribution >= 4 is 37.5 Å². The van der Waals surface area contributed by atoms with E-state index in [0.29, 0.717) is 18.1 Å².